The van der Waals surface area contributed by atoms with Gasteiger partial charge in [-0.3, -0.25) is 4.21 Å². The van der Waals surface area contributed by atoms with E-state index in [9.17, 15) is 4.21 Å². The highest BCUT2D eigenvalue weighted by molar-refractivity contribution is 7.85. The van der Waals surface area contributed by atoms with Crippen molar-refractivity contribution < 1.29 is 8.95 Å². The number of hydrogen-bond acceptors (Lipinski definition) is 2. The van der Waals surface area contributed by atoms with Crippen molar-refractivity contribution in [1.29, 1.82) is 0 Å². The molecule has 1 heterocycles. The summed E-state index contributed by atoms with van der Waals surface area (Å²) in [5.74, 6) is 0.418. The molecule has 4 rings (SSSR count). The van der Waals surface area contributed by atoms with Crippen LogP contribution in [-0.4, -0.2) is 21.2 Å². The van der Waals surface area contributed by atoms with Gasteiger partial charge in [-0.2, -0.15) is 0 Å². The Morgan fingerprint density at radius 3 is 2.37 bits per heavy atom. The first-order chi connectivity index (χ1) is 13.1. The first-order valence-electron chi connectivity index (χ1n) is 10.0. The molecule has 0 spiro atoms. The van der Waals surface area contributed by atoms with Crippen molar-refractivity contribution in [3.8, 4) is 0 Å². The summed E-state index contributed by atoms with van der Waals surface area (Å²) in [5, 5.41) is 0.142. The van der Waals surface area contributed by atoms with Crippen LogP contribution in [0.4, 0.5) is 0 Å². The minimum Gasteiger partial charge on any atom is -0.361 e. The zero-order valence-electron chi connectivity index (χ0n) is 16.1. The smallest absolute Gasteiger partial charge is 0.118 e. The number of benzene rings is 2. The molecule has 27 heavy (non-hydrogen) atoms. The molecule has 142 valence electrons. The lowest BCUT2D eigenvalue weighted by molar-refractivity contribution is 0.266. The number of hydrogen-bond donors (Lipinski definition) is 0. The summed E-state index contributed by atoms with van der Waals surface area (Å²) >= 11 is 0. The van der Waals surface area contributed by atoms with Crippen LogP contribution in [0, 0.1) is 5.92 Å². The highest BCUT2D eigenvalue weighted by Crippen LogP contribution is 2.54. The Bertz CT molecular complexity index is 828. The maximum absolute atomic E-state index is 13.3. The van der Waals surface area contributed by atoms with Gasteiger partial charge in [0.1, 0.15) is 5.60 Å². The third-order valence-electron chi connectivity index (χ3n) is 5.98. The molecular weight excluding hydrogens is 352 g/mol. The molecule has 2 aromatic carbocycles. The standard InChI is InChI=1S/C24H28O2S/c1-18(2)24-20(16-19-10-5-3-6-11-19)17-22(14-9-15-23(24)26-24)27(25)21-12-7-4-8-13-21/h3-8,10-13,16,18,22-23H,9,14-15,17H2,1-2H3/b20-16+/t22-,23-,24+,27?/m0/s1. The van der Waals surface area contributed by atoms with Gasteiger partial charge in [0.25, 0.3) is 0 Å². The Hall–Kier alpha value is -1.71. The van der Waals surface area contributed by atoms with Crippen LogP contribution in [0.3, 0.4) is 0 Å². The molecule has 2 nitrogen and oxygen atoms in total. The first kappa shape index (κ1) is 18.6. The van der Waals surface area contributed by atoms with Crippen LogP contribution in [0.2, 0.25) is 0 Å². The van der Waals surface area contributed by atoms with E-state index in [1.54, 1.807) is 0 Å². The van der Waals surface area contributed by atoms with Gasteiger partial charge in [-0.25, -0.2) is 0 Å². The van der Waals surface area contributed by atoms with Gasteiger partial charge >= 0.3 is 0 Å². The van der Waals surface area contributed by atoms with Gasteiger partial charge in [-0.05, 0) is 54.9 Å². The van der Waals surface area contributed by atoms with Crippen molar-refractivity contribution in [2.45, 2.75) is 61.4 Å². The van der Waals surface area contributed by atoms with E-state index >= 15 is 0 Å². The second kappa shape index (κ2) is 7.73. The fraction of sp³-hybridized carbons (Fsp3) is 0.417. The molecule has 1 unspecified atom stereocenters. The monoisotopic (exact) mass is 380 g/mol. The number of fused-ring (bicyclic) bond motifs is 1. The largest absolute Gasteiger partial charge is 0.361 e. The first-order valence-corrected chi connectivity index (χ1v) is 11.2. The zero-order valence-corrected chi connectivity index (χ0v) is 17.0. The van der Waals surface area contributed by atoms with Crippen LogP contribution in [0.1, 0.15) is 45.1 Å². The number of epoxide rings is 1. The van der Waals surface area contributed by atoms with Gasteiger partial charge in [0.05, 0.1) is 16.9 Å². The van der Waals surface area contributed by atoms with Crippen LogP contribution >= 0.6 is 0 Å². The summed E-state index contributed by atoms with van der Waals surface area (Å²) in [6, 6.07) is 20.4. The molecular formula is C24H28O2S. The van der Waals surface area contributed by atoms with Crippen LogP contribution < -0.4 is 0 Å². The quantitative estimate of drug-likeness (QED) is 0.645. The maximum atomic E-state index is 13.3. The summed E-state index contributed by atoms with van der Waals surface area (Å²) in [5.41, 5.74) is 2.35. The molecule has 0 amide bonds. The van der Waals surface area contributed by atoms with E-state index in [2.05, 4.69) is 44.2 Å². The van der Waals surface area contributed by atoms with E-state index in [1.807, 2.05) is 36.4 Å². The Labute approximate surface area is 165 Å². The molecule has 0 radical (unpaired) electrons. The maximum Gasteiger partial charge on any atom is 0.118 e. The second-order valence-electron chi connectivity index (χ2n) is 8.00. The van der Waals surface area contributed by atoms with E-state index in [1.165, 1.54) is 11.1 Å². The highest BCUT2D eigenvalue weighted by Gasteiger charge is 2.60. The molecule has 1 saturated carbocycles. The topological polar surface area (TPSA) is 29.6 Å². The van der Waals surface area contributed by atoms with E-state index in [0.29, 0.717) is 12.0 Å². The van der Waals surface area contributed by atoms with Crippen molar-refractivity contribution in [2.24, 2.45) is 5.92 Å². The number of ether oxygens (including phenoxy) is 1. The predicted octanol–water partition coefficient (Wildman–Crippen LogP) is 5.61. The third kappa shape index (κ3) is 3.68. The van der Waals surface area contributed by atoms with Gasteiger partial charge in [-0.1, -0.05) is 68.5 Å². The van der Waals surface area contributed by atoms with Crippen LogP contribution in [0.5, 0.6) is 0 Å². The molecule has 1 saturated heterocycles. The average Bonchev–Trinajstić information content (AvgIpc) is 3.41. The summed E-state index contributed by atoms with van der Waals surface area (Å²) in [6.07, 6.45) is 6.58. The van der Waals surface area contributed by atoms with Gasteiger partial charge < -0.3 is 4.74 Å². The van der Waals surface area contributed by atoms with Gasteiger partial charge in [0.15, 0.2) is 0 Å². The normalized spacial score (nSPS) is 30.4. The summed E-state index contributed by atoms with van der Waals surface area (Å²) in [7, 11) is -0.992. The molecule has 2 aromatic rings. The predicted molar refractivity (Wildman–Crippen MR) is 112 cm³/mol. The SMILES string of the molecule is CC(C)[C@]12O[C@H]1CCC[C@H](S(=O)c1ccccc1)C/C2=C\c1ccccc1. The molecule has 2 fully saturated rings. The zero-order chi connectivity index (χ0) is 18.9. The number of rotatable bonds is 4. The van der Waals surface area contributed by atoms with Crippen molar-refractivity contribution in [2.75, 3.05) is 0 Å². The Balaban J connectivity index is 1.69. The Morgan fingerprint density at radius 1 is 1.04 bits per heavy atom. The molecule has 0 N–H and O–H groups in total. The summed E-state index contributed by atoms with van der Waals surface area (Å²) in [6.45, 7) is 4.51. The molecule has 0 aromatic heterocycles. The van der Waals surface area contributed by atoms with Gasteiger partial charge in [-0.15, -0.1) is 0 Å². The van der Waals surface area contributed by atoms with Crippen molar-refractivity contribution >= 4 is 16.9 Å². The molecule has 1 aliphatic carbocycles. The van der Waals surface area contributed by atoms with Crippen LogP contribution in [-0.2, 0) is 15.5 Å². The Morgan fingerprint density at radius 2 is 1.70 bits per heavy atom. The minimum atomic E-state index is -0.992. The second-order valence-corrected chi connectivity index (χ2v) is 9.73. The molecule has 1 aliphatic heterocycles. The van der Waals surface area contributed by atoms with Crippen LogP contribution in [0.15, 0.2) is 71.1 Å². The summed E-state index contributed by atoms with van der Waals surface area (Å²) in [4.78, 5) is 0.939. The third-order valence-corrected chi connectivity index (χ3v) is 7.72. The van der Waals surface area contributed by atoms with Crippen molar-refractivity contribution in [3.63, 3.8) is 0 Å². The van der Waals surface area contributed by atoms with E-state index in [4.69, 9.17) is 4.74 Å². The van der Waals surface area contributed by atoms with Crippen LogP contribution in [0.25, 0.3) is 6.08 Å². The average molecular weight is 381 g/mol. The molecule has 0 bridgehead atoms. The van der Waals surface area contributed by atoms with E-state index < -0.39 is 10.8 Å². The van der Waals surface area contributed by atoms with Gasteiger partial charge in [0, 0.05) is 10.1 Å². The van der Waals surface area contributed by atoms with Gasteiger partial charge in [0.2, 0.25) is 0 Å². The van der Waals surface area contributed by atoms with E-state index in [-0.39, 0.29) is 10.9 Å². The lowest BCUT2D eigenvalue weighted by atomic mass is 9.78. The molecule has 3 heteroatoms. The highest BCUT2D eigenvalue weighted by atomic mass is 32.2. The lowest BCUT2D eigenvalue weighted by Gasteiger charge is -2.28. The fourth-order valence-electron chi connectivity index (χ4n) is 4.53. The van der Waals surface area contributed by atoms with Crippen molar-refractivity contribution in [3.05, 3.63) is 71.8 Å². The molecule has 2 aliphatic rings. The lowest BCUT2D eigenvalue weighted by Crippen LogP contribution is -2.31. The minimum absolute atomic E-state index is 0.142. The summed E-state index contributed by atoms with van der Waals surface area (Å²) < 4.78 is 19.6. The van der Waals surface area contributed by atoms with Crippen molar-refractivity contribution in [1.82, 2.24) is 0 Å². The Kier molecular flexibility index (Phi) is 5.34. The molecule has 4 atom stereocenters. The van der Waals surface area contributed by atoms with E-state index in [0.717, 1.165) is 30.6 Å². The fourth-order valence-corrected chi connectivity index (χ4v) is 6.05.